The fourth-order valence-electron chi connectivity index (χ4n) is 4.75. The number of aliphatic hydroxyl groups excluding tert-OH is 3. The van der Waals surface area contributed by atoms with Gasteiger partial charge in [-0.15, -0.1) is 0 Å². The molecule has 2 rings (SSSR count). The first kappa shape index (κ1) is 24.0. The van der Waals surface area contributed by atoms with E-state index in [2.05, 4.69) is 39.9 Å². The number of rotatable bonds is 12. The van der Waals surface area contributed by atoms with Crippen molar-refractivity contribution in [2.75, 3.05) is 19.8 Å². The highest BCUT2D eigenvalue weighted by Crippen LogP contribution is 2.53. The van der Waals surface area contributed by atoms with Gasteiger partial charge in [0.25, 0.3) is 0 Å². The van der Waals surface area contributed by atoms with Crippen molar-refractivity contribution in [3.8, 4) is 0 Å². The Morgan fingerprint density at radius 2 is 1.82 bits per heavy atom. The van der Waals surface area contributed by atoms with Crippen LogP contribution < -0.4 is 5.32 Å². The lowest BCUT2D eigenvalue weighted by Gasteiger charge is -2.49. The Kier molecular flexibility index (Phi) is 7.92. The number of unbranched alkanes of at least 4 members (excludes halogenated alkanes) is 1. The zero-order valence-corrected chi connectivity index (χ0v) is 18.1. The molecule has 7 nitrogen and oxygen atoms in total. The molecular weight excluding hydrogens is 362 g/mol. The highest BCUT2D eigenvalue weighted by atomic mass is 16.8. The van der Waals surface area contributed by atoms with E-state index >= 15 is 0 Å². The number of nitrogens with one attached hydrogen (secondary N) is 1. The summed E-state index contributed by atoms with van der Waals surface area (Å²) in [5.41, 5.74) is 0.122. The molecule has 5 N–H and O–H groups in total. The summed E-state index contributed by atoms with van der Waals surface area (Å²) >= 11 is 0. The van der Waals surface area contributed by atoms with Crippen LogP contribution in [0.15, 0.2) is 0 Å². The molecule has 7 heteroatoms. The van der Waals surface area contributed by atoms with Crippen LogP contribution in [0.1, 0.15) is 66.7 Å². The normalized spacial score (nSPS) is 37.4. The molecule has 1 saturated carbocycles. The summed E-state index contributed by atoms with van der Waals surface area (Å²) in [5.74, 6) is -3.36. The van der Waals surface area contributed by atoms with E-state index in [1.807, 2.05) is 0 Å². The largest absolute Gasteiger partial charge is 0.396 e. The smallest absolute Gasteiger partial charge is 0.186 e. The van der Waals surface area contributed by atoms with E-state index in [1.165, 1.54) is 12.8 Å². The second kappa shape index (κ2) is 9.25. The van der Waals surface area contributed by atoms with E-state index in [0.29, 0.717) is 6.61 Å². The third kappa shape index (κ3) is 4.89. The van der Waals surface area contributed by atoms with E-state index < -0.39 is 42.7 Å². The summed E-state index contributed by atoms with van der Waals surface area (Å²) in [6.07, 6.45) is 2.07. The van der Waals surface area contributed by atoms with Gasteiger partial charge in [-0.2, -0.15) is 0 Å². The lowest BCUT2D eigenvalue weighted by Crippen LogP contribution is -2.63. The topological polar surface area (TPSA) is 111 Å². The monoisotopic (exact) mass is 403 g/mol. The SMILES string of the molecule is CCCCNC(C)(CC)CC(C)(C)CCOC1OC2(O)C(CO)C(O)C(O)C12. The summed E-state index contributed by atoms with van der Waals surface area (Å²) in [7, 11) is 0. The molecule has 2 fully saturated rings. The lowest BCUT2D eigenvalue weighted by molar-refractivity contribution is -0.438. The van der Waals surface area contributed by atoms with Gasteiger partial charge in [0, 0.05) is 5.54 Å². The second-order valence-electron chi connectivity index (χ2n) is 9.69. The zero-order valence-electron chi connectivity index (χ0n) is 18.1. The van der Waals surface area contributed by atoms with Gasteiger partial charge >= 0.3 is 0 Å². The molecule has 28 heavy (non-hydrogen) atoms. The third-order valence-electron chi connectivity index (χ3n) is 6.73. The Morgan fingerprint density at radius 1 is 1.14 bits per heavy atom. The maximum absolute atomic E-state index is 10.5. The maximum Gasteiger partial charge on any atom is 0.186 e. The average Bonchev–Trinajstić information content (AvgIpc) is 2.74. The van der Waals surface area contributed by atoms with Crippen LogP contribution in [0.25, 0.3) is 0 Å². The first-order valence-electron chi connectivity index (χ1n) is 10.8. The minimum atomic E-state index is -1.71. The van der Waals surface area contributed by atoms with Crippen LogP contribution >= 0.6 is 0 Å². The number of ether oxygens (including phenoxy) is 2. The van der Waals surface area contributed by atoms with Crippen molar-refractivity contribution in [3.63, 3.8) is 0 Å². The van der Waals surface area contributed by atoms with Gasteiger partial charge in [-0.05, 0) is 44.6 Å². The molecule has 7 unspecified atom stereocenters. The van der Waals surface area contributed by atoms with Crippen molar-refractivity contribution in [1.82, 2.24) is 5.32 Å². The summed E-state index contributed by atoms with van der Waals surface area (Å²) in [5, 5.41) is 43.7. The Bertz CT molecular complexity index is 503. The number of hydrogen-bond acceptors (Lipinski definition) is 7. The third-order valence-corrected chi connectivity index (χ3v) is 6.73. The molecule has 0 radical (unpaired) electrons. The molecule has 0 aromatic heterocycles. The molecule has 1 heterocycles. The predicted molar refractivity (Wildman–Crippen MR) is 106 cm³/mol. The van der Waals surface area contributed by atoms with Crippen LogP contribution in [-0.2, 0) is 9.47 Å². The second-order valence-corrected chi connectivity index (χ2v) is 9.69. The van der Waals surface area contributed by atoms with Gasteiger partial charge in [0.2, 0.25) is 0 Å². The van der Waals surface area contributed by atoms with Crippen molar-refractivity contribution < 1.29 is 29.9 Å². The molecule has 1 saturated heterocycles. The van der Waals surface area contributed by atoms with Gasteiger partial charge in [0.15, 0.2) is 12.1 Å². The van der Waals surface area contributed by atoms with Crippen LogP contribution in [0.2, 0.25) is 0 Å². The Balaban J connectivity index is 1.82. The molecule has 0 amide bonds. The van der Waals surface area contributed by atoms with Gasteiger partial charge in [-0.1, -0.05) is 34.1 Å². The zero-order chi connectivity index (χ0) is 21.2. The van der Waals surface area contributed by atoms with E-state index in [4.69, 9.17) is 9.47 Å². The van der Waals surface area contributed by atoms with Crippen molar-refractivity contribution in [2.45, 2.75) is 96.5 Å². The minimum Gasteiger partial charge on any atom is -0.396 e. The minimum absolute atomic E-state index is 0.0471. The summed E-state index contributed by atoms with van der Waals surface area (Å²) in [6.45, 7) is 12.1. The van der Waals surface area contributed by atoms with Crippen LogP contribution in [0, 0.1) is 17.3 Å². The van der Waals surface area contributed by atoms with E-state index in [0.717, 1.165) is 25.8 Å². The summed E-state index contributed by atoms with van der Waals surface area (Å²) < 4.78 is 11.2. The molecular formula is C21H41NO6. The van der Waals surface area contributed by atoms with Gasteiger partial charge in [-0.3, -0.25) is 0 Å². The first-order valence-corrected chi connectivity index (χ1v) is 10.8. The number of hydrogen-bond donors (Lipinski definition) is 5. The lowest BCUT2D eigenvalue weighted by atomic mass is 9.76. The molecule has 0 aromatic carbocycles. The molecule has 1 aliphatic carbocycles. The molecule has 0 spiro atoms. The van der Waals surface area contributed by atoms with Crippen LogP contribution in [0.4, 0.5) is 0 Å². The maximum atomic E-state index is 10.5. The standard InChI is InChI=1S/C21H41NO6/c1-6-8-10-22-20(5,7-2)13-19(3,4)9-11-27-18-15-17(25)16(24)14(12-23)21(15,26)28-18/h14-18,22-26H,6-13H2,1-5H3. The molecule has 0 aromatic rings. The first-order chi connectivity index (χ1) is 13.0. The quantitative estimate of drug-likeness (QED) is 0.313. The molecule has 7 atom stereocenters. The summed E-state index contributed by atoms with van der Waals surface area (Å²) in [4.78, 5) is 0. The van der Waals surface area contributed by atoms with Crippen molar-refractivity contribution in [1.29, 1.82) is 0 Å². The Morgan fingerprint density at radius 3 is 2.39 bits per heavy atom. The highest BCUT2D eigenvalue weighted by Gasteiger charge is 2.71. The highest BCUT2D eigenvalue weighted by molar-refractivity contribution is 5.10. The molecule has 2 aliphatic rings. The van der Waals surface area contributed by atoms with Crippen LogP contribution in [0.5, 0.6) is 0 Å². The average molecular weight is 404 g/mol. The molecule has 166 valence electrons. The van der Waals surface area contributed by atoms with Crippen LogP contribution in [0.3, 0.4) is 0 Å². The van der Waals surface area contributed by atoms with Gasteiger partial charge in [-0.25, -0.2) is 0 Å². The Labute approximate surface area is 169 Å². The fourth-order valence-corrected chi connectivity index (χ4v) is 4.75. The van der Waals surface area contributed by atoms with Gasteiger partial charge in [0.05, 0.1) is 37.3 Å². The number of aliphatic hydroxyl groups is 4. The van der Waals surface area contributed by atoms with E-state index in [-0.39, 0.29) is 11.0 Å². The predicted octanol–water partition coefficient (Wildman–Crippen LogP) is 1.37. The van der Waals surface area contributed by atoms with Gasteiger partial charge < -0.3 is 35.2 Å². The van der Waals surface area contributed by atoms with Crippen molar-refractivity contribution in [3.05, 3.63) is 0 Å². The number of fused-ring (bicyclic) bond motifs is 1. The van der Waals surface area contributed by atoms with E-state index in [1.54, 1.807) is 0 Å². The Hall–Kier alpha value is -0.280. The summed E-state index contributed by atoms with van der Waals surface area (Å²) in [6, 6.07) is 0. The van der Waals surface area contributed by atoms with Gasteiger partial charge in [0.1, 0.15) is 0 Å². The fraction of sp³-hybridized carbons (Fsp3) is 1.00. The van der Waals surface area contributed by atoms with E-state index in [9.17, 15) is 20.4 Å². The van der Waals surface area contributed by atoms with Crippen molar-refractivity contribution >= 4 is 0 Å². The van der Waals surface area contributed by atoms with Crippen molar-refractivity contribution in [2.24, 2.45) is 17.3 Å². The molecule has 1 aliphatic heterocycles. The molecule has 0 bridgehead atoms. The van der Waals surface area contributed by atoms with Crippen LogP contribution in [-0.4, -0.2) is 70.0 Å².